The number of anilines is 1. The molecule has 0 bridgehead atoms. The zero-order valence-electron chi connectivity index (χ0n) is 11.1. The van der Waals surface area contributed by atoms with Crippen molar-refractivity contribution < 1.29 is 4.79 Å². The third-order valence-electron chi connectivity index (χ3n) is 2.89. The number of aromatic nitrogens is 4. The molecular weight excluding hydrogens is 230 g/mol. The number of hydrogen-bond donors (Lipinski definition) is 0. The fraction of sp³-hybridized carbons (Fsp3) is 0.417. The van der Waals surface area contributed by atoms with Crippen molar-refractivity contribution in [1.29, 1.82) is 0 Å². The molecule has 0 saturated heterocycles. The Morgan fingerprint density at radius 3 is 2.72 bits per heavy atom. The van der Waals surface area contributed by atoms with Gasteiger partial charge in [0.25, 0.3) is 0 Å². The highest BCUT2D eigenvalue weighted by Gasteiger charge is 2.16. The minimum absolute atomic E-state index is 0.642. The van der Waals surface area contributed by atoms with E-state index < -0.39 is 0 Å². The van der Waals surface area contributed by atoms with Crippen LogP contribution < -0.4 is 4.90 Å². The van der Waals surface area contributed by atoms with Gasteiger partial charge in [-0.15, -0.1) is 0 Å². The number of aldehydes is 1. The molecule has 0 aromatic carbocycles. The number of hydrogen-bond acceptors (Lipinski definition) is 4. The summed E-state index contributed by atoms with van der Waals surface area (Å²) < 4.78 is 3.49. The summed E-state index contributed by atoms with van der Waals surface area (Å²) in [5, 5.41) is 8.40. The number of carbonyl (C=O) groups excluding carboxylic acids is 1. The molecule has 0 radical (unpaired) electrons. The van der Waals surface area contributed by atoms with Gasteiger partial charge in [0.05, 0.1) is 17.5 Å². The zero-order valence-corrected chi connectivity index (χ0v) is 11.1. The highest BCUT2D eigenvalue weighted by atomic mass is 16.1. The van der Waals surface area contributed by atoms with Crippen LogP contribution in [0, 0.1) is 6.92 Å². The summed E-state index contributed by atoms with van der Waals surface area (Å²) in [5.74, 6) is 0.825. The summed E-state index contributed by atoms with van der Waals surface area (Å²) in [6.45, 7) is 2.53. The molecule has 0 unspecified atom stereocenters. The molecule has 0 amide bonds. The van der Waals surface area contributed by atoms with E-state index in [1.165, 1.54) is 0 Å². The molecule has 0 spiro atoms. The quantitative estimate of drug-likeness (QED) is 0.754. The lowest BCUT2D eigenvalue weighted by atomic mass is 10.2. The summed E-state index contributed by atoms with van der Waals surface area (Å²) >= 11 is 0. The number of nitrogens with zero attached hydrogens (tertiary/aromatic N) is 5. The maximum Gasteiger partial charge on any atom is 0.155 e. The monoisotopic (exact) mass is 247 g/mol. The van der Waals surface area contributed by atoms with Gasteiger partial charge in [-0.3, -0.25) is 14.2 Å². The van der Waals surface area contributed by atoms with E-state index in [4.69, 9.17) is 0 Å². The Morgan fingerprint density at radius 1 is 1.44 bits per heavy atom. The molecule has 0 aliphatic rings. The Kier molecular flexibility index (Phi) is 3.18. The Bertz CT molecular complexity index is 569. The maximum atomic E-state index is 11.1. The molecule has 6 nitrogen and oxygen atoms in total. The third kappa shape index (κ3) is 2.13. The Labute approximate surface area is 106 Å². The van der Waals surface area contributed by atoms with E-state index in [2.05, 4.69) is 10.2 Å². The molecule has 0 saturated carbocycles. The van der Waals surface area contributed by atoms with E-state index in [0.717, 1.165) is 23.4 Å². The molecular formula is C12H17N5O. The van der Waals surface area contributed by atoms with Crippen molar-refractivity contribution in [3.05, 3.63) is 29.2 Å². The zero-order chi connectivity index (χ0) is 13.3. The molecule has 96 valence electrons. The number of carbonyl (C=O) groups is 1. The second-order valence-corrected chi connectivity index (χ2v) is 4.44. The molecule has 2 rings (SSSR count). The van der Waals surface area contributed by atoms with Crippen molar-refractivity contribution in [2.24, 2.45) is 14.1 Å². The van der Waals surface area contributed by atoms with Crippen LogP contribution in [0.4, 0.5) is 5.82 Å². The minimum Gasteiger partial charge on any atom is -0.355 e. The summed E-state index contributed by atoms with van der Waals surface area (Å²) in [5.41, 5.74) is 2.49. The van der Waals surface area contributed by atoms with Crippen LogP contribution in [-0.2, 0) is 20.6 Å². The Morgan fingerprint density at radius 2 is 2.17 bits per heavy atom. The van der Waals surface area contributed by atoms with E-state index in [1.54, 1.807) is 9.36 Å². The first-order valence-corrected chi connectivity index (χ1v) is 5.70. The van der Waals surface area contributed by atoms with Crippen LogP contribution >= 0.6 is 0 Å². The average Bonchev–Trinajstić information content (AvgIpc) is 2.82. The lowest BCUT2D eigenvalue weighted by Crippen LogP contribution is -2.20. The van der Waals surface area contributed by atoms with Crippen LogP contribution in [0.5, 0.6) is 0 Å². The van der Waals surface area contributed by atoms with E-state index in [-0.39, 0.29) is 0 Å². The molecule has 6 heteroatoms. The van der Waals surface area contributed by atoms with Gasteiger partial charge in [0.1, 0.15) is 5.82 Å². The van der Waals surface area contributed by atoms with Crippen LogP contribution in [0.3, 0.4) is 0 Å². The van der Waals surface area contributed by atoms with Gasteiger partial charge in [-0.1, -0.05) is 0 Å². The molecule has 18 heavy (non-hydrogen) atoms. The van der Waals surface area contributed by atoms with Crippen LogP contribution in [-0.4, -0.2) is 32.9 Å². The van der Waals surface area contributed by atoms with Gasteiger partial charge in [0.15, 0.2) is 6.29 Å². The van der Waals surface area contributed by atoms with Crippen LogP contribution in [0.15, 0.2) is 12.4 Å². The number of rotatable bonds is 4. The molecule has 2 aromatic heterocycles. The largest absolute Gasteiger partial charge is 0.355 e. The van der Waals surface area contributed by atoms with Crippen LogP contribution in [0.1, 0.15) is 21.6 Å². The maximum absolute atomic E-state index is 11.1. The molecule has 0 fully saturated rings. The molecule has 0 aliphatic heterocycles. The van der Waals surface area contributed by atoms with E-state index in [9.17, 15) is 4.79 Å². The van der Waals surface area contributed by atoms with Gasteiger partial charge < -0.3 is 4.90 Å². The van der Waals surface area contributed by atoms with Gasteiger partial charge in [-0.2, -0.15) is 10.2 Å². The van der Waals surface area contributed by atoms with Crippen molar-refractivity contribution in [1.82, 2.24) is 19.6 Å². The molecule has 0 aliphatic carbocycles. The van der Waals surface area contributed by atoms with Gasteiger partial charge in [-0.25, -0.2) is 0 Å². The third-order valence-corrected chi connectivity index (χ3v) is 2.89. The predicted octanol–water partition coefficient (Wildman–Crippen LogP) is 0.911. The van der Waals surface area contributed by atoms with Crippen molar-refractivity contribution in [3.8, 4) is 0 Å². The summed E-state index contributed by atoms with van der Waals surface area (Å²) in [6, 6.07) is 0. The van der Waals surface area contributed by atoms with Crippen molar-refractivity contribution in [2.45, 2.75) is 13.5 Å². The van der Waals surface area contributed by atoms with Crippen molar-refractivity contribution in [2.75, 3.05) is 11.9 Å². The van der Waals surface area contributed by atoms with Crippen LogP contribution in [0.2, 0.25) is 0 Å². The molecule has 0 atom stereocenters. The standard InChI is InChI=1S/C12H17N5O/c1-9-11(8-18)12(17(4)14-9)15(2)6-10-5-13-16(3)7-10/h5,7-8H,6H2,1-4H3. The topological polar surface area (TPSA) is 56.0 Å². The fourth-order valence-corrected chi connectivity index (χ4v) is 2.16. The smallest absolute Gasteiger partial charge is 0.155 e. The second kappa shape index (κ2) is 4.64. The predicted molar refractivity (Wildman–Crippen MR) is 68.6 cm³/mol. The van der Waals surface area contributed by atoms with Gasteiger partial charge in [-0.05, 0) is 6.92 Å². The van der Waals surface area contributed by atoms with Gasteiger partial charge >= 0.3 is 0 Å². The molecule has 2 heterocycles. The van der Waals surface area contributed by atoms with Gasteiger partial charge in [0, 0.05) is 39.4 Å². The number of aryl methyl sites for hydroxylation is 3. The first kappa shape index (κ1) is 12.3. The lowest BCUT2D eigenvalue weighted by Gasteiger charge is -2.19. The lowest BCUT2D eigenvalue weighted by molar-refractivity contribution is 0.112. The highest BCUT2D eigenvalue weighted by Crippen LogP contribution is 2.21. The van der Waals surface area contributed by atoms with Gasteiger partial charge in [0.2, 0.25) is 0 Å². The summed E-state index contributed by atoms with van der Waals surface area (Å²) in [4.78, 5) is 13.1. The molecule has 0 N–H and O–H groups in total. The first-order valence-electron chi connectivity index (χ1n) is 5.70. The first-order chi connectivity index (χ1) is 8.52. The SMILES string of the molecule is Cc1nn(C)c(N(C)Cc2cnn(C)c2)c1C=O. The summed E-state index contributed by atoms with van der Waals surface area (Å²) in [6.07, 6.45) is 4.64. The van der Waals surface area contributed by atoms with E-state index in [0.29, 0.717) is 12.1 Å². The Hall–Kier alpha value is -2.11. The average molecular weight is 247 g/mol. The highest BCUT2D eigenvalue weighted by molar-refractivity contribution is 5.84. The summed E-state index contributed by atoms with van der Waals surface area (Å²) in [7, 11) is 5.67. The normalized spacial score (nSPS) is 10.7. The van der Waals surface area contributed by atoms with Crippen LogP contribution in [0.25, 0.3) is 0 Å². The minimum atomic E-state index is 0.642. The fourth-order valence-electron chi connectivity index (χ4n) is 2.16. The van der Waals surface area contributed by atoms with E-state index >= 15 is 0 Å². The van der Waals surface area contributed by atoms with Crippen molar-refractivity contribution in [3.63, 3.8) is 0 Å². The second-order valence-electron chi connectivity index (χ2n) is 4.44. The molecule has 2 aromatic rings. The Balaban J connectivity index is 2.28. The van der Waals surface area contributed by atoms with Crippen molar-refractivity contribution >= 4 is 12.1 Å². The van der Waals surface area contributed by atoms with E-state index in [1.807, 2.05) is 45.4 Å².